The van der Waals surface area contributed by atoms with E-state index in [4.69, 9.17) is 0 Å². The van der Waals surface area contributed by atoms with E-state index in [1.54, 1.807) is 0 Å². The van der Waals surface area contributed by atoms with E-state index >= 15 is 0 Å². The van der Waals surface area contributed by atoms with Crippen molar-refractivity contribution in [3.8, 4) is 0 Å². The second-order valence-corrected chi connectivity index (χ2v) is 2.49. The van der Waals surface area contributed by atoms with Crippen LogP contribution in [0.5, 0.6) is 0 Å². The van der Waals surface area contributed by atoms with Crippen LogP contribution in [0.25, 0.3) is 6.08 Å². The van der Waals surface area contributed by atoms with Gasteiger partial charge in [-0.2, -0.15) is 5.10 Å². The summed E-state index contributed by atoms with van der Waals surface area (Å²) in [4.78, 5) is 4.24. The maximum absolute atomic E-state index is 4.24. The van der Waals surface area contributed by atoms with Crippen LogP contribution in [0.15, 0.2) is 18.2 Å². The number of hydrogen-bond donors (Lipinski definition) is 0. The van der Waals surface area contributed by atoms with Gasteiger partial charge in [-0.3, -0.25) is 0 Å². The molecule has 2 rings (SSSR count). The van der Waals surface area contributed by atoms with E-state index in [1.165, 1.54) is 0 Å². The average molecular weight is 147 g/mol. The second kappa shape index (κ2) is 2.34. The number of nitrogens with zero attached hydrogens (tertiary/aromatic N) is 3. The van der Waals surface area contributed by atoms with Crippen molar-refractivity contribution in [2.24, 2.45) is 0 Å². The standard InChI is InChI=1S/C8H9N3/c1-7-9-8-5-3-2-4-6-11(8)10-7/h2-5H,6H2,1H3. The molecule has 11 heavy (non-hydrogen) atoms. The molecule has 2 heterocycles. The molecule has 3 nitrogen and oxygen atoms in total. The number of fused-ring (bicyclic) bond motifs is 1. The molecule has 0 amide bonds. The van der Waals surface area contributed by atoms with Crippen LogP contribution in [-0.4, -0.2) is 14.8 Å². The molecule has 0 spiro atoms. The Morgan fingerprint density at radius 1 is 1.45 bits per heavy atom. The van der Waals surface area contributed by atoms with E-state index in [0.29, 0.717) is 0 Å². The molecule has 0 atom stereocenters. The normalized spacial score (nSPS) is 14.6. The molecular weight excluding hydrogens is 138 g/mol. The first kappa shape index (κ1) is 6.34. The lowest BCUT2D eigenvalue weighted by molar-refractivity contribution is 0.688. The first-order valence-electron chi connectivity index (χ1n) is 3.61. The van der Waals surface area contributed by atoms with Crippen molar-refractivity contribution in [3.05, 3.63) is 29.9 Å². The van der Waals surface area contributed by atoms with Gasteiger partial charge in [-0.15, -0.1) is 0 Å². The van der Waals surface area contributed by atoms with Crippen LogP contribution >= 0.6 is 0 Å². The van der Waals surface area contributed by atoms with Gasteiger partial charge in [0.2, 0.25) is 0 Å². The summed E-state index contributed by atoms with van der Waals surface area (Å²) in [7, 11) is 0. The molecule has 0 aliphatic carbocycles. The van der Waals surface area contributed by atoms with Crippen molar-refractivity contribution in [2.45, 2.75) is 13.5 Å². The van der Waals surface area contributed by atoms with Crippen LogP contribution < -0.4 is 0 Å². The minimum Gasteiger partial charge on any atom is -0.242 e. The molecule has 1 aromatic heterocycles. The molecule has 0 saturated carbocycles. The first-order valence-corrected chi connectivity index (χ1v) is 3.61. The molecule has 0 unspecified atom stereocenters. The largest absolute Gasteiger partial charge is 0.242 e. The monoisotopic (exact) mass is 147 g/mol. The van der Waals surface area contributed by atoms with Crippen LogP contribution in [-0.2, 0) is 6.54 Å². The molecule has 3 heteroatoms. The van der Waals surface area contributed by atoms with Gasteiger partial charge < -0.3 is 0 Å². The summed E-state index contributed by atoms with van der Waals surface area (Å²) in [5.74, 6) is 1.77. The Kier molecular flexibility index (Phi) is 1.35. The summed E-state index contributed by atoms with van der Waals surface area (Å²) in [6.07, 6.45) is 8.00. The summed E-state index contributed by atoms with van der Waals surface area (Å²) in [5, 5.41) is 4.21. The zero-order chi connectivity index (χ0) is 7.68. The number of aryl methyl sites for hydroxylation is 1. The third-order valence-corrected chi connectivity index (χ3v) is 1.58. The fourth-order valence-electron chi connectivity index (χ4n) is 1.11. The zero-order valence-corrected chi connectivity index (χ0v) is 6.36. The van der Waals surface area contributed by atoms with Gasteiger partial charge in [0, 0.05) is 0 Å². The topological polar surface area (TPSA) is 30.7 Å². The van der Waals surface area contributed by atoms with Crippen molar-refractivity contribution >= 4 is 6.08 Å². The number of aromatic nitrogens is 3. The Bertz CT molecular complexity index is 320. The van der Waals surface area contributed by atoms with Gasteiger partial charge in [-0.05, 0) is 13.0 Å². The Balaban J connectivity index is 2.51. The quantitative estimate of drug-likeness (QED) is 0.551. The Morgan fingerprint density at radius 3 is 3.27 bits per heavy atom. The molecule has 1 aliphatic heterocycles. The van der Waals surface area contributed by atoms with Crippen LogP contribution in [0, 0.1) is 6.92 Å². The fraction of sp³-hybridized carbons (Fsp3) is 0.250. The van der Waals surface area contributed by atoms with E-state index in [2.05, 4.69) is 16.2 Å². The third-order valence-electron chi connectivity index (χ3n) is 1.58. The van der Waals surface area contributed by atoms with Crippen molar-refractivity contribution in [1.82, 2.24) is 14.8 Å². The van der Waals surface area contributed by atoms with Gasteiger partial charge in [0.05, 0.1) is 6.54 Å². The summed E-state index contributed by atoms with van der Waals surface area (Å²) >= 11 is 0. The van der Waals surface area contributed by atoms with Gasteiger partial charge in [-0.1, -0.05) is 18.2 Å². The average Bonchev–Trinajstić information content (AvgIpc) is 2.17. The molecule has 1 aliphatic rings. The smallest absolute Gasteiger partial charge is 0.151 e. The molecule has 0 N–H and O–H groups in total. The molecule has 0 radical (unpaired) electrons. The minimum atomic E-state index is 0.823. The summed E-state index contributed by atoms with van der Waals surface area (Å²) in [5.41, 5.74) is 0. The van der Waals surface area contributed by atoms with Gasteiger partial charge in [-0.25, -0.2) is 9.67 Å². The van der Waals surface area contributed by atoms with Crippen LogP contribution in [0.3, 0.4) is 0 Å². The lowest BCUT2D eigenvalue weighted by Crippen LogP contribution is -1.99. The van der Waals surface area contributed by atoms with Gasteiger partial charge >= 0.3 is 0 Å². The predicted molar refractivity (Wildman–Crippen MR) is 42.9 cm³/mol. The van der Waals surface area contributed by atoms with Gasteiger partial charge in [0.25, 0.3) is 0 Å². The highest BCUT2D eigenvalue weighted by Crippen LogP contribution is 2.04. The van der Waals surface area contributed by atoms with Crippen molar-refractivity contribution in [3.63, 3.8) is 0 Å². The first-order chi connectivity index (χ1) is 5.36. The summed E-state index contributed by atoms with van der Waals surface area (Å²) < 4.78 is 1.88. The van der Waals surface area contributed by atoms with Crippen LogP contribution in [0.2, 0.25) is 0 Å². The van der Waals surface area contributed by atoms with Gasteiger partial charge in [0.1, 0.15) is 5.82 Å². The SMILES string of the molecule is Cc1nc2n(n1)CC=CC=C2. The fourth-order valence-corrected chi connectivity index (χ4v) is 1.11. The Hall–Kier alpha value is -1.38. The molecule has 0 saturated heterocycles. The van der Waals surface area contributed by atoms with Crippen molar-refractivity contribution in [1.29, 1.82) is 0 Å². The zero-order valence-electron chi connectivity index (χ0n) is 6.36. The highest BCUT2D eigenvalue weighted by Gasteiger charge is 2.02. The van der Waals surface area contributed by atoms with Crippen molar-refractivity contribution < 1.29 is 0 Å². The highest BCUT2D eigenvalue weighted by atomic mass is 15.3. The maximum atomic E-state index is 4.24. The molecular formula is C8H9N3. The molecule has 0 aromatic carbocycles. The predicted octanol–water partition coefficient (Wildman–Crippen LogP) is 1.17. The second-order valence-electron chi connectivity index (χ2n) is 2.49. The molecule has 0 fully saturated rings. The summed E-state index contributed by atoms with van der Waals surface area (Å²) in [6, 6.07) is 0. The molecule has 0 bridgehead atoms. The third kappa shape index (κ3) is 1.09. The Labute approximate surface area is 65.1 Å². The van der Waals surface area contributed by atoms with E-state index < -0.39 is 0 Å². The number of rotatable bonds is 0. The lowest BCUT2D eigenvalue weighted by Gasteiger charge is -1.93. The van der Waals surface area contributed by atoms with Crippen LogP contribution in [0.1, 0.15) is 11.6 Å². The van der Waals surface area contributed by atoms with E-state index in [1.807, 2.05) is 29.8 Å². The van der Waals surface area contributed by atoms with E-state index in [-0.39, 0.29) is 0 Å². The van der Waals surface area contributed by atoms with E-state index in [0.717, 1.165) is 18.2 Å². The summed E-state index contributed by atoms with van der Waals surface area (Å²) in [6.45, 7) is 2.72. The lowest BCUT2D eigenvalue weighted by atomic mass is 10.4. The number of hydrogen-bond acceptors (Lipinski definition) is 2. The van der Waals surface area contributed by atoms with Crippen LogP contribution in [0.4, 0.5) is 0 Å². The van der Waals surface area contributed by atoms with E-state index in [9.17, 15) is 0 Å². The highest BCUT2D eigenvalue weighted by molar-refractivity contribution is 5.44. The molecule has 56 valence electrons. The minimum absolute atomic E-state index is 0.823. The maximum Gasteiger partial charge on any atom is 0.151 e. The van der Waals surface area contributed by atoms with Crippen molar-refractivity contribution in [2.75, 3.05) is 0 Å². The van der Waals surface area contributed by atoms with Gasteiger partial charge in [0.15, 0.2) is 5.82 Å². The molecule has 1 aromatic rings. The Morgan fingerprint density at radius 2 is 2.36 bits per heavy atom. The number of allylic oxidation sites excluding steroid dienone is 3.